The van der Waals surface area contributed by atoms with Crippen molar-refractivity contribution in [2.45, 2.75) is 12.5 Å². The van der Waals surface area contributed by atoms with E-state index in [2.05, 4.69) is 15.3 Å². The van der Waals surface area contributed by atoms with E-state index in [0.717, 1.165) is 5.69 Å². The molecule has 136 valence electrons. The Bertz CT molecular complexity index is 954. The number of aromatic nitrogens is 3. The molecule has 0 fully saturated rings. The predicted molar refractivity (Wildman–Crippen MR) is 97.0 cm³/mol. The van der Waals surface area contributed by atoms with Crippen molar-refractivity contribution in [2.24, 2.45) is 5.73 Å². The Morgan fingerprint density at radius 3 is 2.48 bits per heavy atom. The van der Waals surface area contributed by atoms with Gasteiger partial charge in [0.05, 0.1) is 12.5 Å². The second-order valence-electron chi connectivity index (χ2n) is 5.80. The number of benzene rings is 1. The summed E-state index contributed by atoms with van der Waals surface area (Å²) >= 11 is 0. The van der Waals surface area contributed by atoms with E-state index in [-0.39, 0.29) is 12.1 Å². The van der Waals surface area contributed by atoms with Gasteiger partial charge in [-0.15, -0.1) is 0 Å². The fourth-order valence-electron chi connectivity index (χ4n) is 2.63. The zero-order chi connectivity index (χ0) is 19.2. The second kappa shape index (κ2) is 8.05. The topological polar surface area (TPSA) is 120 Å². The van der Waals surface area contributed by atoms with Crippen molar-refractivity contribution in [2.75, 3.05) is 0 Å². The number of nitrogens with two attached hydrogens (primary N) is 1. The molecule has 3 rings (SSSR count). The van der Waals surface area contributed by atoms with Crippen LogP contribution in [-0.4, -0.2) is 38.2 Å². The summed E-state index contributed by atoms with van der Waals surface area (Å²) in [5.74, 6) is -2.53. The number of Topliss-reactive ketones (excluding diaryl/α,β-unsaturated/α-hetero) is 1. The molecule has 8 heteroatoms. The monoisotopic (exact) mass is 363 g/mol. The summed E-state index contributed by atoms with van der Waals surface area (Å²) in [6, 6.07) is 11.5. The Morgan fingerprint density at radius 1 is 1.04 bits per heavy atom. The lowest BCUT2D eigenvalue weighted by Gasteiger charge is -2.17. The summed E-state index contributed by atoms with van der Waals surface area (Å²) < 4.78 is 1.59. The average Bonchev–Trinajstić information content (AvgIpc) is 3.18. The smallest absolute Gasteiger partial charge is 0.287 e. The van der Waals surface area contributed by atoms with E-state index in [0.29, 0.717) is 5.56 Å². The maximum atomic E-state index is 12.7. The Labute approximate surface area is 155 Å². The van der Waals surface area contributed by atoms with Crippen molar-refractivity contribution >= 4 is 17.6 Å². The zero-order valence-electron chi connectivity index (χ0n) is 14.3. The number of rotatable bonds is 7. The molecular formula is C19H17N5O3. The van der Waals surface area contributed by atoms with Gasteiger partial charge < -0.3 is 11.1 Å². The SMILES string of the molecule is NC(=O)C(=O)C(Cc1cccnc1)NC(=O)c1cncn1-c1ccccc1. The molecule has 8 nitrogen and oxygen atoms in total. The number of carbonyl (C=O) groups excluding carboxylic acids is 3. The highest BCUT2D eigenvalue weighted by atomic mass is 16.2. The van der Waals surface area contributed by atoms with Crippen LogP contribution in [0, 0.1) is 0 Å². The zero-order valence-corrected chi connectivity index (χ0v) is 14.3. The lowest BCUT2D eigenvalue weighted by molar-refractivity contribution is -0.137. The average molecular weight is 363 g/mol. The van der Waals surface area contributed by atoms with Crippen LogP contribution in [0.4, 0.5) is 0 Å². The Hall–Kier alpha value is -3.81. The minimum absolute atomic E-state index is 0.0980. The first-order valence-electron chi connectivity index (χ1n) is 8.17. The lowest BCUT2D eigenvalue weighted by Crippen LogP contribution is -2.47. The molecule has 3 aromatic rings. The molecule has 0 radical (unpaired) electrons. The van der Waals surface area contributed by atoms with Crippen LogP contribution in [-0.2, 0) is 16.0 Å². The van der Waals surface area contributed by atoms with Crippen LogP contribution in [0.1, 0.15) is 16.1 Å². The van der Waals surface area contributed by atoms with Crippen LogP contribution in [0.5, 0.6) is 0 Å². The van der Waals surface area contributed by atoms with E-state index >= 15 is 0 Å². The van der Waals surface area contributed by atoms with Crippen LogP contribution in [0.2, 0.25) is 0 Å². The van der Waals surface area contributed by atoms with Gasteiger partial charge in [0.2, 0.25) is 5.78 Å². The predicted octanol–water partition coefficient (Wildman–Crippen LogP) is 0.663. The van der Waals surface area contributed by atoms with Crippen LogP contribution in [0.3, 0.4) is 0 Å². The number of nitrogens with one attached hydrogen (secondary N) is 1. The van der Waals surface area contributed by atoms with Crippen molar-refractivity contribution in [1.82, 2.24) is 19.9 Å². The van der Waals surface area contributed by atoms with Gasteiger partial charge >= 0.3 is 0 Å². The van der Waals surface area contributed by atoms with Crippen LogP contribution in [0.25, 0.3) is 5.69 Å². The fraction of sp³-hybridized carbons (Fsp3) is 0.105. The molecule has 0 spiro atoms. The molecule has 3 N–H and O–H groups in total. The van der Waals surface area contributed by atoms with Gasteiger partial charge in [0.15, 0.2) is 0 Å². The number of imidazole rings is 1. The highest BCUT2D eigenvalue weighted by molar-refractivity contribution is 6.38. The quantitative estimate of drug-likeness (QED) is 0.598. The second-order valence-corrected chi connectivity index (χ2v) is 5.80. The number of nitrogens with zero attached hydrogens (tertiary/aromatic N) is 3. The highest BCUT2D eigenvalue weighted by Crippen LogP contribution is 2.11. The number of primary amides is 1. The third kappa shape index (κ3) is 4.24. The van der Waals surface area contributed by atoms with Gasteiger partial charge in [-0.3, -0.25) is 23.9 Å². The molecule has 0 aliphatic heterocycles. The minimum Gasteiger partial charge on any atom is -0.363 e. The van der Waals surface area contributed by atoms with E-state index in [4.69, 9.17) is 5.73 Å². The Balaban J connectivity index is 1.84. The summed E-state index contributed by atoms with van der Waals surface area (Å²) in [6.07, 6.45) is 6.13. The summed E-state index contributed by atoms with van der Waals surface area (Å²) in [7, 11) is 0. The molecule has 27 heavy (non-hydrogen) atoms. The van der Waals surface area contributed by atoms with Crippen molar-refractivity contribution < 1.29 is 14.4 Å². The van der Waals surface area contributed by atoms with Gasteiger partial charge in [0, 0.05) is 24.5 Å². The van der Waals surface area contributed by atoms with E-state index in [1.165, 1.54) is 12.5 Å². The summed E-state index contributed by atoms with van der Waals surface area (Å²) in [5.41, 5.74) is 6.79. The Kier molecular flexibility index (Phi) is 5.36. The molecule has 1 unspecified atom stereocenters. The maximum Gasteiger partial charge on any atom is 0.287 e. The maximum absolute atomic E-state index is 12.7. The molecule has 0 saturated heterocycles. The van der Waals surface area contributed by atoms with E-state index in [9.17, 15) is 14.4 Å². The van der Waals surface area contributed by atoms with Crippen LogP contribution in [0.15, 0.2) is 67.4 Å². The van der Waals surface area contributed by atoms with Gasteiger partial charge in [0.1, 0.15) is 11.7 Å². The van der Waals surface area contributed by atoms with Gasteiger partial charge in [0.25, 0.3) is 11.8 Å². The number of hydrogen-bond donors (Lipinski definition) is 2. The first kappa shape index (κ1) is 18.0. The lowest BCUT2D eigenvalue weighted by atomic mass is 10.0. The highest BCUT2D eigenvalue weighted by Gasteiger charge is 2.27. The molecule has 0 aliphatic rings. The number of amides is 2. The number of hydrogen-bond acceptors (Lipinski definition) is 5. The molecule has 0 aliphatic carbocycles. The summed E-state index contributed by atoms with van der Waals surface area (Å²) in [6.45, 7) is 0. The molecule has 1 atom stereocenters. The molecule has 0 saturated carbocycles. The van der Waals surface area contributed by atoms with E-state index in [1.807, 2.05) is 30.3 Å². The van der Waals surface area contributed by atoms with E-state index < -0.39 is 23.6 Å². The fourth-order valence-corrected chi connectivity index (χ4v) is 2.63. The molecule has 2 aromatic heterocycles. The Morgan fingerprint density at radius 2 is 1.81 bits per heavy atom. The molecule has 2 heterocycles. The van der Waals surface area contributed by atoms with Gasteiger partial charge in [-0.25, -0.2) is 4.98 Å². The van der Waals surface area contributed by atoms with Crippen LogP contribution < -0.4 is 11.1 Å². The third-order valence-corrected chi connectivity index (χ3v) is 3.93. The normalized spacial score (nSPS) is 11.6. The molecule has 2 amide bonds. The number of ketones is 1. The standard InChI is InChI=1S/C19H17N5O3/c20-18(26)17(25)15(9-13-5-4-8-21-10-13)23-19(27)16-11-22-12-24(16)14-6-2-1-3-7-14/h1-8,10-12,15H,9H2,(H2,20,26)(H,23,27). The molecule has 0 bridgehead atoms. The first-order chi connectivity index (χ1) is 13.1. The minimum atomic E-state index is -1.11. The van der Waals surface area contributed by atoms with Crippen molar-refractivity contribution in [3.8, 4) is 5.69 Å². The number of pyridine rings is 1. The van der Waals surface area contributed by atoms with Gasteiger partial charge in [-0.05, 0) is 23.8 Å². The third-order valence-electron chi connectivity index (χ3n) is 3.93. The number of carbonyl (C=O) groups is 3. The van der Waals surface area contributed by atoms with Crippen molar-refractivity contribution in [1.29, 1.82) is 0 Å². The number of para-hydroxylation sites is 1. The molecular weight excluding hydrogens is 346 g/mol. The van der Waals surface area contributed by atoms with Crippen molar-refractivity contribution in [3.63, 3.8) is 0 Å². The first-order valence-corrected chi connectivity index (χ1v) is 8.17. The van der Waals surface area contributed by atoms with E-state index in [1.54, 1.807) is 29.1 Å². The van der Waals surface area contributed by atoms with Gasteiger partial charge in [-0.1, -0.05) is 24.3 Å². The summed E-state index contributed by atoms with van der Waals surface area (Å²) in [5, 5.41) is 2.58. The van der Waals surface area contributed by atoms with Crippen molar-refractivity contribution in [3.05, 3.63) is 78.6 Å². The molecule has 1 aromatic carbocycles. The summed E-state index contributed by atoms with van der Waals surface area (Å²) in [4.78, 5) is 44.3. The van der Waals surface area contributed by atoms with Gasteiger partial charge in [-0.2, -0.15) is 0 Å². The van der Waals surface area contributed by atoms with Crippen LogP contribution >= 0.6 is 0 Å². The largest absolute Gasteiger partial charge is 0.363 e.